The molecule has 2 fully saturated rings. The lowest BCUT2D eigenvalue weighted by Gasteiger charge is -2.41. The molecule has 2 aliphatic rings. The normalized spacial score (nSPS) is 20.8. The second kappa shape index (κ2) is 9.55. The Hall–Kier alpha value is -2.64. The predicted octanol–water partition coefficient (Wildman–Crippen LogP) is 5.69. The molecule has 2 atom stereocenters. The molecular weight excluding hydrogens is 474 g/mol. The highest BCUT2D eigenvalue weighted by atomic mass is 35.5. The van der Waals surface area contributed by atoms with Crippen LogP contribution in [-0.4, -0.2) is 53.2 Å². The van der Waals surface area contributed by atoms with E-state index in [0.717, 1.165) is 61.9 Å². The average molecular weight is 501 g/mol. The summed E-state index contributed by atoms with van der Waals surface area (Å²) in [5.74, 6) is 1.94. The molecule has 1 unspecified atom stereocenters. The largest absolute Gasteiger partial charge is 0.352 e. The smallest absolute Gasteiger partial charge is 0.228 e. The molecule has 0 N–H and O–H groups in total. The Morgan fingerprint density at radius 1 is 0.941 bits per heavy atom. The third kappa shape index (κ3) is 4.51. The van der Waals surface area contributed by atoms with Crippen LogP contribution >= 0.6 is 23.2 Å². The fourth-order valence-electron chi connectivity index (χ4n) is 4.83. The maximum absolute atomic E-state index is 13.8. The summed E-state index contributed by atoms with van der Waals surface area (Å²) >= 11 is 12.5. The number of hydrogen-bond donors (Lipinski definition) is 0. The summed E-state index contributed by atoms with van der Waals surface area (Å²) < 4.78 is 13.8. The van der Waals surface area contributed by atoms with Crippen molar-refractivity contribution in [1.29, 1.82) is 0 Å². The topological polar surface area (TPSA) is 48.4 Å². The summed E-state index contributed by atoms with van der Waals surface area (Å²) in [6, 6.07) is 11.0. The monoisotopic (exact) mass is 500 g/mol. The fourth-order valence-corrected chi connectivity index (χ4v) is 5.25. The van der Waals surface area contributed by atoms with E-state index in [-0.39, 0.29) is 11.1 Å². The minimum absolute atomic E-state index is 0.0861. The van der Waals surface area contributed by atoms with Gasteiger partial charge in [0.1, 0.15) is 17.5 Å². The summed E-state index contributed by atoms with van der Waals surface area (Å²) in [6.07, 6.45) is 4.00. The lowest BCUT2D eigenvalue weighted by atomic mass is 10.1. The Balaban J connectivity index is 1.49. The average Bonchev–Trinajstić information content (AvgIpc) is 3.26. The number of pyridine rings is 1. The van der Waals surface area contributed by atoms with Gasteiger partial charge >= 0.3 is 0 Å². The summed E-state index contributed by atoms with van der Waals surface area (Å²) in [5, 5.41) is 0.744. The van der Waals surface area contributed by atoms with Gasteiger partial charge < -0.3 is 14.7 Å². The van der Waals surface area contributed by atoms with Crippen molar-refractivity contribution in [3.05, 3.63) is 58.5 Å². The molecule has 34 heavy (non-hydrogen) atoms. The molecule has 2 aromatic heterocycles. The molecule has 0 saturated carbocycles. The van der Waals surface area contributed by atoms with Gasteiger partial charge in [-0.15, -0.1) is 0 Å². The Morgan fingerprint density at radius 2 is 1.79 bits per heavy atom. The van der Waals surface area contributed by atoms with Crippen molar-refractivity contribution >= 4 is 40.8 Å². The van der Waals surface area contributed by atoms with Crippen LogP contribution in [0, 0.1) is 5.82 Å². The van der Waals surface area contributed by atoms with E-state index in [1.165, 1.54) is 6.07 Å². The lowest BCUT2D eigenvalue weighted by Crippen LogP contribution is -2.52. The van der Waals surface area contributed by atoms with Gasteiger partial charge in [0.2, 0.25) is 5.95 Å². The first-order chi connectivity index (χ1) is 16.4. The number of rotatable bonds is 4. The summed E-state index contributed by atoms with van der Waals surface area (Å²) in [5.41, 5.74) is 1.51. The Labute approximate surface area is 209 Å². The Kier molecular flexibility index (Phi) is 6.49. The van der Waals surface area contributed by atoms with Crippen LogP contribution in [0.25, 0.3) is 11.3 Å². The van der Waals surface area contributed by atoms with Gasteiger partial charge in [-0.2, -0.15) is 4.98 Å². The van der Waals surface area contributed by atoms with Gasteiger partial charge in [0.15, 0.2) is 0 Å². The first kappa shape index (κ1) is 23.1. The molecule has 9 heteroatoms. The van der Waals surface area contributed by atoms with E-state index in [1.807, 2.05) is 18.2 Å². The quantitative estimate of drug-likeness (QED) is 0.458. The van der Waals surface area contributed by atoms with Gasteiger partial charge in [0, 0.05) is 56.1 Å². The number of nitrogens with zero attached hydrogens (tertiary/aromatic N) is 6. The first-order valence-corrected chi connectivity index (χ1v) is 12.4. The number of piperazine rings is 1. The van der Waals surface area contributed by atoms with Crippen molar-refractivity contribution in [3.63, 3.8) is 0 Å². The molecule has 0 spiro atoms. The maximum atomic E-state index is 13.8. The summed E-state index contributed by atoms with van der Waals surface area (Å²) in [7, 11) is 0. The van der Waals surface area contributed by atoms with Gasteiger partial charge in [0.25, 0.3) is 0 Å². The second-order valence-electron chi connectivity index (χ2n) is 9.02. The highest BCUT2D eigenvalue weighted by molar-refractivity contribution is 6.33. The summed E-state index contributed by atoms with van der Waals surface area (Å²) in [4.78, 5) is 21.1. The van der Waals surface area contributed by atoms with E-state index in [2.05, 4.69) is 33.5 Å². The molecule has 0 radical (unpaired) electrons. The molecular formula is C25H27Cl2FN6. The highest BCUT2D eigenvalue weighted by Crippen LogP contribution is 2.32. The molecule has 0 aliphatic carbocycles. The van der Waals surface area contributed by atoms with E-state index in [0.29, 0.717) is 17.0 Å². The first-order valence-electron chi connectivity index (χ1n) is 11.6. The Bertz CT molecular complexity index is 1190. The van der Waals surface area contributed by atoms with Gasteiger partial charge in [-0.3, -0.25) is 0 Å². The molecule has 2 saturated heterocycles. The van der Waals surface area contributed by atoms with E-state index in [1.54, 1.807) is 18.3 Å². The molecule has 0 amide bonds. The van der Waals surface area contributed by atoms with Gasteiger partial charge in [-0.25, -0.2) is 14.4 Å². The lowest BCUT2D eigenvalue weighted by molar-refractivity contribution is 0.542. The van der Waals surface area contributed by atoms with Crippen molar-refractivity contribution in [1.82, 2.24) is 15.0 Å². The van der Waals surface area contributed by atoms with Gasteiger partial charge in [0.05, 0.1) is 15.7 Å². The van der Waals surface area contributed by atoms with Crippen LogP contribution in [0.2, 0.25) is 10.0 Å². The minimum atomic E-state index is -0.439. The van der Waals surface area contributed by atoms with Crippen molar-refractivity contribution in [3.8, 4) is 11.3 Å². The highest BCUT2D eigenvalue weighted by Gasteiger charge is 2.29. The van der Waals surface area contributed by atoms with Crippen LogP contribution < -0.4 is 14.7 Å². The van der Waals surface area contributed by atoms with Crippen molar-refractivity contribution < 1.29 is 4.39 Å². The molecule has 4 heterocycles. The number of hydrogen-bond acceptors (Lipinski definition) is 6. The second-order valence-corrected chi connectivity index (χ2v) is 9.84. The van der Waals surface area contributed by atoms with Gasteiger partial charge in [-0.05, 0) is 57.0 Å². The summed E-state index contributed by atoms with van der Waals surface area (Å²) in [6.45, 7) is 7.62. The maximum Gasteiger partial charge on any atom is 0.228 e. The van der Waals surface area contributed by atoms with Crippen LogP contribution in [0.5, 0.6) is 0 Å². The van der Waals surface area contributed by atoms with Crippen molar-refractivity contribution in [2.45, 2.75) is 38.8 Å². The zero-order chi connectivity index (χ0) is 23.8. The van der Waals surface area contributed by atoms with Crippen LogP contribution in [0.4, 0.5) is 22.0 Å². The van der Waals surface area contributed by atoms with Crippen molar-refractivity contribution in [2.75, 3.05) is 40.9 Å². The van der Waals surface area contributed by atoms with E-state index < -0.39 is 5.82 Å². The van der Waals surface area contributed by atoms with Crippen LogP contribution in [0.3, 0.4) is 0 Å². The van der Waals surface area contributed by atoms with Crippen LogP contribution in [-0.2, 0) is 0 Å². The van der Waals surface area contributed by atoms with Crippen LogP contribution in [0.15, 0.2) is 42.6 Å². The fraction of sp³-hybridized carbons (Fsp3) is 0.400. The Morgan fingerprint density at radius 3 is 2.50 bits per heavy atom. The molecule has 3 aromatic rings. The standard InChI is InChI=1S/C25H27Cl2FN6/c1-16-5-4-10-34(16)25-30-22(18-7-8-21(28)20(27)13-18)14-23(31-25)33-12-11-32(15-17(33)2)24-19(26)6-3-9-29-24/h3,6-9,13-14,16-17H,4-5,10-12,15H2,1-2H3/t16?,17-/m1/s1. The SMILES string of the molecule is CC1CCCN1c1nc(-c2ccc(F)c(Cl)c2)cc(N2CCN(c3ncccc3Cl)C[C@H]2C)n1. The molecule has 0 bridgehead atoms. The number of benzene rings is 1. The van der Waals surface area contributed by atoms with Crippen molar-refractivity contribution in [2.24, 2.45) is 0 Å². The molecule has 178 valence electrons. The molecule has 6 nitrogen and oxygen atoms in total. The zero-order valence-corrected chi connectivity index (χ0v) is 20.8. The molecule has 5 rings (SSSR count). The predicted molar refractivity (Wildman–Crippen MR) is 137 cm³/mol. The minimum Gasteiger partial charge on any atom is -0.352 e. The van der Waals surface area contributed by atoms with E-state index in [4.69, 9.17) is 33.2 Å². The number of aromatic nitrogens is 3. The van der Waals surface area contributed by atoms with Crippen LogP contribution in [0.1, 0.15) is 26.7 Å². The molecule has 1 aromatic carbocycles. The third-order valence-corrected chi connectivity index (χ3v) is 7.27. The van der Waals surface area contributed by atoms with E-state index >= 15 is 0 Å². The number of anilines is 3. The van der Waals surface area contributed by atoms with E-state index in [9.17, 15) is 4.39 Å². The van der Waals surface area contributed by atoms with Gasteiger partial charge in [-0.1, -0.05) is 23.2 Å². The zero-order valence-electron chi connectivity index (χ0n) is 19.3. The number of halogens is 3. The third-order valence-electron chi connectivity index (χ3n) is 6.69. The molecule has 2 aliphatic heterocycles.